The van der Waals surface area contributed by atoms with Crippen molar-refractivity contribution in [1.29, 1.82) is 0 Å². The summed E-state index contributed by atoms with van der Waals surface area (Å²) in [6.07, 6.45) is -2.31. The second-order valence-electron chi connectivity index (χ2n) is 5.04. The molecule has 1 aliphatic rings. The lowest BCUT2D eigenvalue weighted by Crippen LogP contribution is -2.23. The lowest BCUT2D eigenvalue weighted by atomic mass is 10.0. The Kier molecular flexibility index (Phi) is 3.78. The molecule has 0 bridgehead atoms. The molecule has 0 amide bonds. The molecule has 1 aromatic carbocycles. The van der Waals surface area contributed by atoms with E-state index in [1.165, 1.54) is 6.07 Å². The second kappa shape index (κ2) is 5.22. The fourth-order valence-corrected chi connectivity index (χ4v) is 2.07. The normalized spacial score (nSPS) is 16.3. The van der Waals surface area contributed by atoms with E-state index >= 15 is 0 Å². The Bertz CT molecular complexity index is 524. The Hall–Kier alpha value is -1.92. The zero-order valence-electron chi connectivity index (χ0n) is 11.0. The average molecular weight is 287 g/mol. The molecular formula is C13H16F3N3O. The topological polar surface area (TPSA) is 61.8 Å². The predicted octanol–water partition coefficient (Wildman–Crippen LogP) is 2.65. The fraction of sp³-hybridized carbons (Fsp3) is 0.462. The zero-order chi connectivity index (χ0) is 14.9. The van der Waals surface area contributed by atoms with Gasteiger partial charge in [0.15, 0.2) is 5.84 Å². The number of oxime groups is 1. The van der Waals surface area contributed by atoms with Gasteiger partial charge in [-0.05, 0) is 37.0 Å². The molecule has 0 aliphatic heterocycles. The van der Waals surface area contributed by atoms with Crippen molar-refractivity contribution in [1.82, 2.24) is 0 Å². The number of nitrogens with two attached hydrogens (primary N) is 1. The van der Waals surface area contributed by atoms with Crippen molar-refractivity contribution in [3.05, 3.63) is 29.3 Å². The van der Waals surface area contributed by atoms with Gasteiger partial charge in [-0.15, -0.1) is 0 Å². The first-order chi connectivity index (χ1) is 9.32. The van der Waals surface area contributed by atoms with Crippen molar-refractivity contribution in [3.8, 4) is 0 Å². The van der Waals surface area contributed by atoms with E-state index in [4.69, 9.17) is 10.9 Å². The van der Waals surface area contributed by atoms with Crippen LogP contribution in [0.2, 0.25) is 0 Å². The fourth-order valence-electron chi connectivity index (χ4n) is 2.07. The first-order valence-electron chi connectivity index (χ1n) is 6.23. The highest BCUT2D eigenvalue weighted by atomic mass is 19.4. The van der Waals surface area contributed by atoms with E-state index in [0.717, 1.165) is 25.5 Å². The van der Waals surface area contributed by atoms with Gasteiger partial charge in [-0.3, -0.25) is 0 Å². The van der Waals surface area contributed by atoms with E-state index in [1.807, 2.05) is 0 Å². The van der Waals surface area contributed by atoms with Gasteiger partial charge in [-0.2, -0.15) is 13.2 Å². The van der Waals surface area contributed by atoms with Crippen molar-refractivity contribution in [2.75, 3.05) is 18.5 Å². The molecule has 3 N–H and O–H groups in total. The number of anilines is 1. The van der Waals surface area contributed by atoms with Gasteiger partial charge in [-0.1, -0.05) is 5.16 Å². The maximum atomic E-state index is 13.1. The molecule has 1 fully saturated rings. The summed E-state index contributed by atoms with van der Waals surface area (Å²) in [7, 11) is 1.76. The van der Waals surface area contributed by atoms with Crippen molar-refractivity contribution in [3.63, 3.8) is 0 Å². The summed E-state index contributed by atoms with van der Waals surface area (Å²) >= 11 is 0. The first kappa shape index (κ1) is 14.5. The van der Waals surface area contributed by atoms with Crippen LogP contribution in [-0.4, -0.2) is 24.6 Å². The minimum absolute atomic E-state index is 0.316. The molecule has 1 aliphatic carbocycles. The minimum atomic E-state index is -4.55. The number of nitrogens with zero attached hydrogens (tertiary/aromatic N) is 2. The van der Waals surface area contributed by atoms with Gasteiger partial charge in [0, 0.05) is 24.8 Å². The number of benzene rings is 1. The maximum Gasteiger partial charge on any atom is 0.417 e. The Morgan fingerprint density at radius 3 is 2.60 bits per heavy atom. The number of hydrogen-bond acceptors (Lipinski definition) is 3. The maximum absolute atomic E-state index is 13.1. The van der Waals surface area contributed by atoms with Crippen LogP contribution in [0, 0.1) is 5.92 Å². The van der Waals surface area contributed by atoms with Gasteiger partial charge in [0.1, 0.15) is 0 Å². The van der Waals surface area contributed by atoms with Gasteiger partial charge < -0.3 is 15.8 Å². The van der Waals surface area contributed by atoms with Crippen LogP contribution in [0.1, 0.15) is 24.0 Å². The van der Waals surface area contributed by atoms with Gasteiger partial charge in [-0.25, -0.2) is 0 Å². The number of hydrogen-bond donors (Lipinski definition) is 2. The van der Waals surface area contributed by atoms with Crippen molar-refractivity contribution in [2.45, 2.75) is 19.0 Å². The minimum Gasteiger partial charge on any atom is -0.409 e. The molecule has 1 aromatic rings. The van der Waals surface area contributed by atoms with E-state index < -0.39 is 17.6 Å². The molecule has 0 heterocycles. The molecule has 20 heavy (non-hydrogen) atoms. The molecule has 0 unspecified atom stereocenters. The van der Waals surface area contributed by atoms with Gasteiger partial charge in [0.05, 0.1) is 5.56 Å². The molecule has 0 radical (unpaired) electrons. The molecular weight excluding hydrogens is 271 g/mol. The highest BCUT2D eigenvalue weighted by molar-refractivity contribution is 5.99. The lowest BCUT2D eigenvalue weighted by molar-refractivity contribution is -0.137. The summed E-state index contributed by atoms with van der Waals surface area (Å²) in [4.78, 5) is 1.79. The van der Waals surface area contributed by atoms with Crippen molar-refractivity contribution in [2.24, 2.45) is 16.8 Å². The van der Waals surface area contributed by atoms with Crippen LogP contribution in [0.4, 0.5) is 18.9 Å². The third-order valence-corrected chi connectivity index (χ3v) is 3.36. The van der Waals surface area contributed by atoms with E-state index in [-0.39, 0.29) is 5.56 Å². The number of halogens is 3. The summed E-state index contributed by atoms with van der Waals surface area (Å²) in [6, 6.07) is 3.82. The monoisotopic (exact) mass is 287 g/mol. The van der Waals surface area contributed by atoms with Gasteiger partial charge in [0.2, 0.25) is 0 Å². The second-order valence-corrected chi connectivity index (χ2v) is 5.04. The highest BCUT2D eigenvalue weighted by Crippen LogP contribution is 2.36. The molecule has 4 nitrogen and oxygen atoms in total. The lowest BCUT2D eigenvalue weighted by Gasteiger charge is -2.21. The number of amidine groups is 1. The third kappa shape index (κ3) is 3.15. The highest BCUT2D eigenvalue weighted by Gasteiger charge is 2.35. The standard InChI is InChI=1S/C13H16F3N3O/c1-19(7-8-2-3-8)9-4-5-10(12(17)18-20)11(6-9)13(14,15)16/h4-6,8,20H,2-3,7H2,1H3,(H2,17,18). The van der Waals surface area contributed by atoms with Crippen LogP contribution >= 0.6 is 0 Å². The first-order valence-corrected chi connectivity index (χ1v) is 6.23. The van der Waals surface area contributed by atoms with E-state index in [0.29, 0.717) is 11.6 Å². The van der Waals surface area contributed by atoms with Crippen LogP contribution < -0.4 is 10.6 Å². The van der Waals surface area contributed by atoms with Crippen LogP contribution in [-0.2, 0) is 6.18 Å². The summed E-state index contributed by atoms with van der Waals surface area (Å²) in [6.45, 7) is 0.736. The van der Waals surface area contributed by atoms with E-state index in [1.54, 1.807) is 18.0 Å². The van der Waals surface area contributed by atoms with Crippen molar-refractivity contribution < 1.29 is 18.4 Å². The molecule has 2 rings (SSSR count). The number of alkyl halides is 3. The summed E-state index contributed by atoms with van der Waals surface area (Å²) in [5.74, 6) is 0.0202. The predicted molar refractivity (Wildman–Crippen MR) is 69.9 cm³/mol. The molecule has 0 aromatic heterocycles. The van der Waals surface area contributed by atoms with Gasteiger partial charge in [0.25, 0.3) is 0 Å². The summed E-state index contributed by atoms with van der Waals surface area (Å²) in [5.41, 5.74) is 4.55. The zero-order valence-corrected chi connectivity index (χ0v) is 11.0. The SMILES string of the molecule is CN(CC1CC1)c1ccc(/C(N)=N/O)c(C(F)(F)F)c1. The van der Waals surface area contributed by atoms with E-state index in [2.05, 4.69) is 5.16 Å². The Labute approximate surface area is 114 Å². The largest absolute Gasteiger partial charge is 0.417 e. The molecule has 1 saturated carbocycles. The molecule has 7 heteroatoms. The summed E-state index contributed by atoms with van der Waals surface area (Å²) < 4.78 is 39.2. The smallest absolute Gasteiger partial charge is 0.409 e. The molecule has 0 atom stereocenters. The van der Waals surface area contributed by atoms with Crippen molar-refractivity contribution >= 4 is 11.5 Å². The molecule has 0 saturated heterocycles. The Balaban J connectivity index is 2.37. The number of rotatable bonds is 4. The van der Waals surface area contributed by atoms with Crippen LogP contribution in [0.3, 0.4) is 0 Å². The van der Waals surface area contributed by atoms with Crippen LogP contribution in [0.5, 0.6) is 0 Å². The average Bonchev–Trinajstić information content (AvgIpc) is 3.20. The Morgan fingerprint density at radius 2 is 2.10 bits per heavy atom. The van der Waals surface area contributed by atoms with Gasteiger partial charge >= 0.3 is 6.18 Å². The summed E-state index contributed by atoms with van der Waals surface area (Å²) in [5, 5.41) is 11.2. The van der Waals surface area contributed by atoms with Crippen LogP contribution in [0.25, 0.3) is 0 Å². The Morgan fingerprint density at radius 1 is 1.45 bits per heavy atom. The molecule has 0 spiro atoms. The quantitative estimate of drug-likeness (QED) is 0.387. The van der Waals surface area contributed by atoms with Crippen LogP contribution in [0.15, 0.2) is 23.4 Å². The third-order valence-electron chi connectivity index (χ3n) is 3.36. The molecule has 110 valence electrons. The van der Waals surface area contributed by atoms with E-state index in [9.17, 15) is 13.2 Å².